The van der Waals surface area contributed by atoms with Crippen molar-refractivity contribution in [3.05, 3.63) is 59.1 Å². The van der Waals surface area contributed by atoms with Crippen molar-refractivity contribution < 1.29 is 14.3 Å². The molecule has 1 saturated carbocycles. The van der Waals surface area contributed by atoms with Crippen LogP contribution in [0.4, 0.5) is 16.2 Å². The van der Waals surface area contributed by atoms with Crippen LogP contribution in [0, 0.1) is 11.8 Å². The van der Waals surface area contributed by atoms with Crippen LogP contribution in [0.1, 0.15) is 31.7 Å². The number of carbonyl (C=O) groups is 2. The van der Waals surface area contributed by atoms with Gasteiger partial charge in [-0.3, -0.25) is 10.1 Å². The highest BCUT2D eigenvalue weighted by atomic mass is 35.5. The molecule has 0 saturated heterocycles. The van der Waals surface area contributed by atoms with E-state index in [1.165, 1.54) is 0 Å². The van der Waals surface area contributed by atoms with Crippen LogP contribution in [-0.2, 0) is 9.53 Å². The summed E-state index contributed by atoms with van der Waals surface area (Å²) in [5.41, 5.74) is 2.22. The first-order chi connectivity index (χ1) is 12.9. The van der Waals surface area contributed by atoms with Crippen LogP contribution < -0.4 is 10.6 Å². The lowest BCUT2D eigenvalue weighted by molar-refractivity contribution is -0.117. The van der Waals surface area contributed by atoms with Gasteiger partial charge >= 0.3 is 6.09 Å². The number of ether oxygens (including phenoxy) is 1. The fraction of sp³-hybridized carbons (Fsp3) is 0.333. The molecule has 27 heavy (non-hydrogen) atoms. The Bertz CT molecular complexity index is 838. The number of nitrogens with one attached hydrogen (secondary N) is 2. The molecule has 1 aliphatic rings. The summed E-state index contributed by atoms with van der Waals surface area (Å²) in [4.78, 5) is 24.3. The third kappa shape index (κ3) is 5.23. The Morgan fingerprint density at radius 1 is 1.11 bits per heavy atom. The molecule has 5 nitrogen and oxygen atoms in total. The maximum atomic E-state index is 12.5. The summed E-state index contributed by atoms with van der Waals surface area (Å²) in [5.74, 6) is 0.300. The van der Waals surface area contributed by atoms with Gasteiger partial charge in [-0.25, -0.2) is 4.79 Å². The summed E-state index contributed by atoms with van der Waals surface area (Å²) < 4.78 is 5.10. The zero-order valence-electron chi connectivity index (χ0n) is 15.4. The Morgan fingerprint density at radius 3 is 2.52 bits per heavy atom. The monoisotopic (exact) mass is 386 g/mol. The molecule has 2 aromatic rings. The van der Waals surface area contributed by atoms with Crippen molar-refractivity contribution in [3.63, 3.8) is 0 Å². The quantitative estimate of drug-likeness (QED) is 0.709. The summed E-state index contributed by atoms with van der Waals surface area (Å²) in [6, 6.07) is 14.6. The average Bonchev–Trinajstić information content (AvgIpc) is 3.41. The van der Waals surface area contributed by atoms with Gasteiger partial charge in [0.2, 0.25) is 5.91 Å². The summed E-state index contributed by atoms with van der Waals surface area (Å²) in [5, 5.41) is 6.28. The third-order valence-corrected chi connectivity index (χ3v) is 4.70. The summed E-state index contributed by atoms with van der Waals surface area (Å²) >= 11 is 6.22. The van der Waals surface area contributed by atoms with Crippen molar-refractivity contribution in [1.82, 2.24) is 0 Å². The minimum absolute atomic E-state index is 0.0422. The van der Waals surface area contributed by atoms with E-state index in [-0.39, 0.29) is 23.7 Å². The van der Waals surface area contributed by atoms with Crippen LogP contribution in [0.15, 0.2) is 48.5 Å². The van der Waals surface area contributed by atoms with E-state index in [2.05, 4.69) is 10.6 Å². The Balaban J connectivity index is 1.56. The van der Waals surface area contributed by atoms with E-state index in [0.717, 1.165) is 12.0 Å². The van der Waals surface area contributed by atoms with Gasteiger partial charge < -0.3 is 10.1 Å². The molecule has 0 aromatic heterocycles. The van der Waals surface area contributed by atoms with Gasteiger partial charge in [0.05, 0.1) is 6.61 Å². The molecular weight excluding hydrogens is 364 g/mol. The number of carbonyl (C=O) groups excluding carboxylic acids is 2. The lowest BCUT2D eigenvalue weighted by Gasteiger charge is -2.10. The third-order valence-electron chi connectivity index (χ3n) is 4.36. The van der Waals surface area contributed by atoms with E-state index in [4.69, 9.17) is 16.3 Å². The molecule has 1 fully saturated rings. The predicted octanol–water partition coefficient (Wildman–Crippen LogP) is 5.29. The zero-order chi connectivity index (χ0) is 19.4. The van der Waals surface area contributed by atoms with E-state index in [1.54, 1.807) is 24.3 Å². The van der Waals surface area contributed by atoms with Crippen molar-refractivity contribution >= 4 is 35.0 Å². The highest BCUT2D eigenvalue weighted by Crippen LogP contribution is 2.50. The minimum Gasteiger partial charge on any atom is -0.449 e. The smallest absolute Gasteiger partial charge is 0.411 e. The van der Waals surface area contributed by atoms with Crippen LogP contribution in [0.3, 0.4) is 0 Å². The van der Waals surface area contributed by atoms with Crippen molar-refractivity contribution in [2.75, 3.05) is 17.2 Å². The Morgan fingerprint density at radius 2 is 1.81 bits per heavy atom. The molecule has 0 radical (unpaired) electrons. The lowest BCUT2D eigenvalue weighted by atomic mass is 10.1. The van der Waals surface area contributed by atoms with E-state index in [9.17, 15) is 9.59 Å². The maximum Gasteiger partial charge on any atom is 0.411 e. The van der Waals surface area contributed by atoms with Gasteiger partial charge in [0.15, 0.2) is 0 Å². The molecule has 142 valence electrons. The Labute approximate surface area is 164 Å². The Hall–Kier alpha value is -2.53. The number of rotatable bonds is 6. The van der Waals surface area contributed by atoms with Crippen molar-refractivity contribution in [3.8, 4) is 0 Å². The first kappa shape index (κ1) is 19.2. The van der Waals surface area contributed by atoms with Gasteiger partial charge in [-0.05, 0) is 48.1 Å². The zero-order valence-corrected chi connectivity index (χ0v) is 16.1. The number of anilines is 2. The average molecular weight is 387 g/mol. The molecule has 2 N–H and O–H groups in total. The van der Waals surface area contributed by atoms with Crippen molar-refractivity contribution in [2.24, 2.45) is 11.8 Å². The van der Waals surface area contributed by atoms with Gasteiger partial charge in [-0.2, -0.15) is 0 Å². The van der Waals surface area contributed by atoms with Gasteiger partial charge in [-0.15, -0.1) is 0 Å². The second-order valence-electron chi connectivity index (χ2n) is 7.16. The second-order valence-corrected chi connectivity index (χ2v) is 7.56. The summed E-state index contributed by atoms with van der Waals surface area (Å²) in [6.45, 7) is 4.29. The number of benzene rings is 2. The first-order valence-corrected chi connectivity index (χ1v) is 9.41. The van der Waals surface area contributed by atoms with E-state index in [0.29, 0.717) is 23.0 Å². The molecule has 3 rings (SSSR count). The molecular formula is C21H23ClN2O3. The van der Waals surface area contributed by atoms with E-state index in [1.807, 2.05) is 38.1 Å². The number of hydrogen-bond donors (Lipinski definition) is 2. The van der Waals surface area contributed by atoms with E-state index < -0.39 is 6.09 Å². The topological polar surface area (TPSA) is 67.4 Å². The first-order valence-electron chi connectivity index (χ1n) is 9.03. The molecule has 0 heterocycles. The van der Waals surface area contributed by atoms with Crippen molar-refractivity contribution in [1.29, 1.82) is 0 Å². The van der Waals surface area contributed by atoms with E-state index >= 15 is 0 Å². The number of hydrogen-bond acceptors (Lipinski definition) is 3. The molecule has 2 unspecified atom stereocenters. The molecule has 0 aliphatic heterocycles. The highest BCUT2D eigenvalue weighted by molar-refractivity contribution is 6.31. The van der Waals surface area contributed by atoms with Gasteiger partial charge in [0.25, 0.3) is 0 Å². The van der Waals surface area contributed by atoms with Crippen molar-refractivity contribution in [2.45, 2.75) is 26.2 Å². The predicted molar refractivity (Wildman–Crippen MR) is 107 cm³/mol. The normalized spacial score (nSPS) is 18.1. The largest absolute Gasteiger partial charge is 0.449 e. The maximum absolute atomic E-state index is 12.5. The van der Waals surface area contributed by atoms with Crippen LogP contribution in [0.2, 0.25) is 5.02 Å². The summed E-state index contributed by atoms with van der Waals surface area (Å²) in [7, 11) is 0. The van der Waals surface area contributed by atoms with Crippen LogP contribution in [-0.4, -0.2) is 18.6 Å². The Kier molecular flexibility index (Phi) is 6.01. The van der Waals surface area contributed by atoms with Gasteiger partial charge in [0.1, 0.15) is 0 Å². The SMILES string of the molecule is CC(C)COC(=O)Nc1cccc(NC(=O)C2CC2c2ccccc2Cl)c1. The van der Waals surface area contributed by atoms with Gasteiger partial charge in [0, 0.05) is 22.3 Å². The number of halogens is 1. The lowest BCUT2D eigenvalue weighted by Crippen LogP contribution is -2.17. The standard InChI is InChI=1S/C21H23ClN2O3/c1-13(2)12-27-21(26)24-15-7-5-6-14(10-15)23-20(25)18-11-17(18)16-8-3-4-9-19(16)22/h3-10,13,17-18H,11-12H2,1-2H3,(H,23,25)(H,24,26). The molecule has 1 aliphatic carbocycles. The molecule has 2 amide bonds. The molecule has 0 bridgehead atoms. The number of amides is 2. The highest BCUT2D eigenvalue weighted by Gasteiger charge is 2.44. The van der Waals surface area contributed by atoms with Crippen LogP contribution in [0.25, 0.3) is 0 Å². The molecule has 2 atom stereocenters. The molecule has 2 aromatic carbocycles. The molecule has 0 spiro atoms. The van der Waals surface area contributed by atoms with Crippen LogP contribution in [0.5, 0.6) is 0 Å². The minimum atomic E-state index is -0.506. The molecule has 6 heteroatoms. The summed E-state index contributed by atoms with van der Waals surface area (Å²) in [6.07, 6.45) is 0.280. The van der Waals surface area contributed by atoms with Gasteiger partial charge in [-0.1, -0.05) is 49.7 Å². The fourth-order valence-electron chi connectivity index (χ4n) is 2.91. The fourth-order valence-corrected chi connectivity index (χ4v) is 3.19. The second kappa shape index (κ2) is 8.44. The van der Waals surface area contributed by atoms with Crippen LogP contribution >= 0.6 is 11.6 Å².